The number of hydrogen-bond donors (Lipinski definition) is 2. The third-order valence-corrected chi connectivity index (χ3v) is 2.97. The first-order chi connectivity index (χ1) is 8.11. The number of esters is 1. The molecule has 1 heterocycles. The lowest BCUT2D eigenvalue weighted by atomic mass is 9.95. The fraction of sp³-hybridized carbons (Fsp3) is 0.417. The fourth-order valence-corrected chi connectivity index (χ4v) is 2.11. The minimum Gasteiger partial charge on any atom is -0.464 e. The van der Waals surface area contributed by atoms with Gasteiger partial charge in [-0.15, -0.1) is 0 Å². The molecular formula is C12H14ClNO3. The number of ether oxygens (including phenoxy) is 1. The molecule has 2 atom stereocenters. The van der Waals surface area contributed by atoms with E-state index in [-0.39, 0.29) is 5.97 Å². The van der Waals surface area contributed by atoms with Crippen LogP contribution in [0.5, 0.6) is 0 Å². The van der Waals surface area contributed by atoms with E-state index in [1.54, 1.807) is 25.1 Å². The highest BCUT2D eigenvalue weighted by Crippen LogP contribution is 2.34. The lowest BCUT2D eigenvalue weighted by molar-refractivity contribution is -0.145. The summed E-state index contributed by atoms with van der Waals surface area (Å²) in [6.07, 6.45) is -0.356. The maximum Gasteiger partial charge on any atom is 0.328 e. The SMILES string of the molecule is CCOC(=O)[C@H]1C[C@H](O)c2ccc(Cl)cc2N1. The molecule has 92 valence electrons. The summed E-state index contributed by atoms with van der Waals surface area (Å²) in [7, 11) is 0. The van der Waals surface area contributed by atoms with E-state index in [0.717, 1.165) is 5.56 Å². The van der Waals surface area contributed by atoms with Crippen molar-refractivity contribution < 1.29 is 14.6 Å². The van der Waals surface area contributed by atoms with Gasteiger partial charge in [0.15, 0.2) is 0 Å². The molecule has 0 bridgehead atoms. The number of nitrogens with one attached hydrogen (secondary N) is 1. The maximum atomic E-state index is 11.6. The van der Waals surface area contributed by atoms with Gasteiger partial charge in [-0.3, -0.25) is 0 Å². The molecule has 1 aromatic carbocycles. The molecule has 1 aliphatic heterocycles. The number of carbonyl (C=O) groups is 1. The molecule has 2 rings (SSSR count). The van der Waals surface area contributed by atoms with Crippen molar-refractivity contribution in [3.05, 3.63) is 28.8 Å². The molecule has 17 heavy (non-hydrogen) atoms. The second-order valence-electron chi connectivity index (χ2n) is 3.93. The quantitative estimate of drug-likeness (QED) is 0.795. The van der Waals surface area contributed by atoms with Gasteiger partial charge in [-0.2, -0.15) is 0 Å². The molecule has 0 saturated carbocycles. The second kappa shape index (κ2) is 4.94. The first kappa shape index (κ1) is 12.2. The van der Waals surface area contributed by atoms with E-state index in [1.807, 2.05) is 0 Å². The van der Waals surface area contributed by atoms with Crippen molar-refractivity contribution in [3.63, 3.8) is 0 Å². The van der Waals surface area contributed by atoms with Gasteiger partial charge in [-0.1, -0.05) is 17.7 Å². The van der Waals surface area contributed by atoms with Crippen LogP contribution in [0.4, 0.5) is 5.69 Å². The summed E-state index contributed by atoms with van der Waals surface area (Å²) >= 11 is 5.88. The van der Waals surface area contributed by atoms with E-state index in [9.17, 15) is 9.90 Å². The van der Waals surface area contributed by atoms with Crippen molar-refractivity contribution in [1.29, 1.82) is 0 Å². The van der Waals surface area contributed by atoms with Gasteiger partial charge in [0.25, 0.3) is 0 Å². The molecule has 0 aliphatic carbocycles. The number of fused-ring (bicyclic) bond motifs is 1. The number of anilines is 1. The summed E-state index contributed by atoms with van der Waals surface area (Å²) < 4.78 is 4.93. The maximum absolute atomic E-state index is 11.6. The highest BCUT2D eigenvalue weighted by atomic mass is 35.5. The first-order valence-electron chi connectivity index (χ1n) is 5.52. The smallest absolute Gasteiger partial charge is 0.328 e. The number of aliphatic hydroxyl groups is 1. The van der Waals surface area contributed by atoms with Gasteiger partial charge >= 0.3 is 5.97 Å². The second-order valence-corrected chi connectivity index (χ2v) is 4.37. The van der Waals surface area contributed by atoms with Gasteiger partial charge in [0, 0.05) is 22.7 Å². The van der Waals surface area contributed by atoms with Crippen molar-refractivity contribution in [2.75, 3.05) is 11.9 Å². The summed E-state index contributed by atoms with van der Waals surface area (Å²) in [6.45, 7) is 2.08. The molecule has 1 aromatic rings. The normalized spacial score (nSPS) is 22.5. The Hall–Kier alpha value is -1.26. The van der Waals surface area contributed by atoms with Crippen molar-refractivity contribution in [2.45, 2.75) is 25.5 Å². The number of aliphatic hydroxyl groups excluding tert-OH is 1. The Morgan fingerprint density at radius 2 is 2.41 bits per heavy atom. The van der Waals surface area contributed by atoms with Crippen LogP contribution in [0.15, 0.2) is 18.2 Å². The molecule has 0 saturated heterocycles. The zero-order valence-electron chi connectivity index (χ0n) is 9.44. The van der Waals surface area contributed by atoms with Gasteiger partial charge in [-0.25, -0.2) is 4.79 Å². The summed E-state index contributed by atoms with van der Waals surface area (Å²) in [5.74, 6) is -0.350. The number of hydrogen-bond acceptors (Lipinski definition) is 4. The topological polar surface area (TPSA) is 58.6 Å². The van der Waals surface area contributed by atoms with Crippen molar-refractivity contribution in [1.82, 2.24) is 0 Å². The first-order valence-corrected chi connectivity index (χ1v) is 5.90. The monoisotopic (exact) mass is 255 g/mol. The van der Waals surface area contributed by atoms with Crippen LogP contribution in [0.25, 0.3) is 0 Å². The molecule has 0 spiro atoms. The lowest BCUT2D eigenvalue weighted by Crippen LogP contribution is -2.36. The van der Waals surface area contributed by atoms with E-state index in [1.165, 1.54) is 0 Å². The zero-order valence-corrected chi connectivity index (χ0v) is 10.2. The Balaban J connectivity index is 2.22. The molecule has 2 N–H and O–H groups in total. The van der Waals surface area contributed by atoms with Gasteiger partial charge < -0.3 is 15.2 Å². The van der Waals surface area contributed by atoms with Crippen LogP contribution in [0.2, 0.25) is 5.02 Å². The number of halogens is 1. The molecule has 1 aliphatic rings. The molecule has 5 heteroatoms. The predicted molar refractivity (Wildman–Crippen MR) is 65.1 cm³/mol. The minimum atomic E-state index is -0.669. The van der Waals surface area contributed by atoms with Gasteiger partial charge in [0.2, 0.25) is 0 Å². The number of benzene rings is 1. The number of carbonyl (C=O) groups excluding carboxylic acids is 1. The van der Waals surface area contributed by atoms with Crippen LogP contribution in [0, 0.1) is 0 Å². The minimum absolute atomic E-state index is 0.313. The highest BCUT2D eigenvalue weighted by Gasteiger charge is 2.30. The van der Waals surface area contributed by atoms with Gasteiger partial charge in [-0.05, 0) is 19.1 Å². The van der Waals surface area contributed by atoms with Gasteiger partial charge in [0.1, 0.15) is 6.04 Å². The summed E-state index contributed by atoms with van der Waals surface area (Å²) in [5.41, 5.74) is 1.45. The largest absolute Gasteiger partial charge is 0.464 e. The predicted octanol–water partition coefficient (Wildman–Crippen LogP) is 2.12. The standard InChI is InChI=1S/C12H14ClNO3/c1-2-17-12(16)10-6-11(15)8-4-3-7(13)5-9(8)14-10/h3-5,10-11,14-15H,2,6H2,1H3/t10-,11+/m1/s1. The molecule has 0 fully saturated rings. The van der Waals surface area contributed by atoms with E-state index < -0.39 is 12.1 Å². The van der Waals surface area contributed by atoms with Crippen LogP contribution >= 0.6 is 11.6 Å². The summed E-state index contributed by atoms with van der Waals surface area (Å²) in [5, 5.41) is 13.5. The zero-order chi connectivity index (χ0) is 12.4. The molecule has 0 radical (unpaired) electrons. The lowest BCUT2D eigenvalue weighted by Gasteiger charge is -2.29. The molecule has 4 nitrogen and oxygen atoms in total. The molecule has 0 aromatic heterocycles. The summed E-state index contributed by atoms with van der Waals surface area (Å²) in [4.78, 5) is 11.6. The third kappa shape index (κ3) is 2.53. The molecule has 0 amide bonds. The Morgan fingerprint density at radius 3 is 3.12 bits per heavy atom. The fourth-order valence-electron chi connectivity index (χ4n) is 1.94. The highest BCUT2D eigenvalue weighted by molar-refractivity contribution is 6.30. The van der Waals surface area contributed by atoms with E-state index in [0.29, 0.717) is 23.7 Å². The van der Waals surface area contributed by atoms with Crippen molar-refractivity contribution in [3.8, 4) is 0 Å². The van der Waals surface area contributed by atoms with Crippen LogP contribution in [-0.4, -0.2) is 23.7 Å². The van der Waals surface area contributed by atoms with Crippen LogP contribution in [-0.2, 0) is 9.53 Å². The van der Waals surface area contributed by atoms with Crippen LogP contribution in [0.3, 0.4) is 0 Å². The Labute approximate surface area is 105 Å². The number of rotatable bonds is 2. The van der Waals surface area contributed by atoms with Crippen LogP contribution < -0.4 is 5.32 Å². The van der Waals surface area contributed by atoms with E-state index >= 15 is 0 Å². The Kier molecular flexibility index (Phi) is 3.54. The molecule has 0 unspecified atom stereocenters. The Morgan fingerprint density at radius 1 is 1.65 bits per heavy atom. The summed E-state index contributed by atoms with van der Waals surface area (Å²) in [6, 6.07) is 4.66. The van der Waals surface area contributed by atoms with Crippen LogP contribution in [0.1, 0.15) is 25.0 Å². The average Bonchev–Trinajstić information content (AvgIpc) is 2.28. The van der Waals surface area contributed by atoms with Crippen molar-refractivity contribution in [2.24, 2.45) is 0 Å². The average molecular weight is 256 g/mol. The van der Waals surface area contributed by atoms with E-state index in [4.69, 9.17) is 16.3 Å². The third-order valence-electron chi connectivity index (χ3n) is 2.73. The van der Waals surface area contributed by atoms with Gasteiger partial charge in [0.05, 0.1) is 12.7 Å². The van der Waals surface area contributed by atoms with Crippen molar-refractivity contribution >= 4 is 23.3 Å². The van der Waals surface area contributed by atoms with E-state index in [2.05, 4.69) is 5.32 Å². The Bertz CT molecular complexity index is 436. The molecular weight excluding hydrogens is 242 g/mol.